The molecule has 0 saturated carbocycles. The summed E-state index contributed by atoms with van der Waals surface area (Å²) in [5.74, 6) is 0. The fourth-order valence-corrected chi connectivity index (χ4v) is 4.87. The van der Waals surface area contributed by atoms with Gasteiger partial charge in [-0.05, 0) is 67.4 Å². The Morgan fingerprint density at radius 3 is 2.21 bits per heavy atom. The van der Waals surface area contributed by atoms with E-state index in [1.165, 1.54) is 29.5 Å². The zero-order valence-electron chi connectivity index (χ0n) is 11.8. The maximum atomic E-state index is 3.68. The molecule has 19 heavy (non-hydrogen) atoms. The van der Waals surface area contributed by atoms with Crippen LogP contribution in [0, 0.1) is 20.8 Å². The predicted octanol–water partition coefficient (Wildman–Crippen LogP) is 5.59. The van der Waals surface area contributed by atoms with Crippen LogP contribution in [-0.4, -0.2) is 6.54 Å². The van der Waals surface area contributed by atoms with E-state index in [-0.39, 0.29) is 0 Å². The van der Waals surface area contributed by atoms with Gasteiger partial charge in [-0.1, -0.05) is 6.92 Å². The van der Waals surface area contributed by atoms with Crippen molar-refractivity contribution in [1.82, 2.24) is 5.32 Å². The number of hydrogen-bond acceptors (Lipinski definition) is 3. The van der Waals surface area contributed by atoms with Gasteiger partial charge in [0.25, 0.3) is 0 Å². The molecule has 2 aromatic rings. The fraction of sp³-hybridized carbons (Fsp3) is 0.467. The van der Waals surface area contributed by atoms with Crippen LogP contribution in [0.5, 0.6) is 0 Å². The number of thiophene rings is 2. The van der Waals surface area contributed by atoms with E-state index >= 15 is 0 Å². The molecule has 0 amide bonds. The van der Waals surface area contributed by atoms with Crippen LogP contribution in [0.15, 0.2) is 16.6 Å². The highest BCUT2D eigenvalue weighted by Gasteiger charge is 2.19. The molecule has 0 fully saturated rings. The van der Waals surface area contributed by atoms with Crippen LogP contribution in [0.4, 0.5) is 0 Å². The van der Waals surface area contributed by atoms with E-state index in [4.69, 9.17) is 0 Å². The Hall–Kier alpha value is -0.160. The van der Waals surface area contributed by atoms with Crippen LogP contribution in [-0.2, 0) is 0 Å². The van der Waals surface area contributed by atoms with Crippen molar-refractivity contribution in [1.29, 1.82) is 0 Å². The van der Waals surface area contributed by atoms with E-state index in [0.29, 0.717) is 6.04 Å². The fourth-order valence-electron chi connectivity index (χ4n) is 2.00. The molecule has 0 aliphatic heterocycles. The molecule has 2 heterocycles. The van der Waals surface area contributed by atoms with Crippen LogP contribution in [0.1, 0.15) is 44.5 Å². The van der Waals surface area contributed by atoms with Crippen LogP contribution >= 0.6 is 38.6 Å². The number of nitrogens with one attached hydrogen (secondary N) is 1. The zero-order chi connectivity index (χ0) is 14.0. The Labute approximate surface area is 132 Å². The van der Waals surface area contributed by atoms with Crippen LogP contribution in [0.25, 0.3) is 0 Å². The quantitative estimate of drug-likeness (QED) is 0.735. The molecule has 0 spiro atoms. The first kappa shape index (κ1) is 15.2. The molecule has 2 aromatic heterocycles. The average Bonchev–Trinajstić information content (AvgIpc) is 2.85. The molecule has 104 valence electrons. The third-order valence-corrected chi connectivity index (χ3v) is 6.65. The summed E-state index contributed by atoms with van der Waals surface area (Å²) in [4.78, 5) is 5.60. The molecule has 4 heteroatoms. The molecule has 0 saturated heterocycles. The number of rotatable bonds is 5. The second-order valence-electron chi connectivity index (χ2n) is 4.83. The van der Waals surface area contributed by atoms with E-state index in [0.717, 1.165) is 13.0 Å². The summed E-state index contributed by atoms with van der Waals surface area (Å²) in [5, 5.41) is 3.68. The molecule has 1 nitrogen and oxygen atoms in total. The zero-order valence-corrected chi connectivity index (χ0v) is 15.1. The van der Waals surface area contributed by atoms with Crippen molar-refractivity contribution >= 4 is 38.6 Å². The lowest BCUT2D eigenvalue weighted by atomic mass is 10.1. The Morgan fingerprint density at radius 1 is 1.11 bits per heavy atom. The summed E-state index contributed by atoms with van der Waals surface area (Å²) in [6.07, 6.45) is 1.16. The van der Waals surface area contributed by atoms with Gasteiger partial charge >= 0.3 is 0 Å². The highest BCUT2D eigenvalue weighted by molar-refractivity contribution is 9.10. The van der Waals surface area contributed by atoms with Crippen molar-refractivity contribution in [3.8, 4) is 0 Å². The second kappa shape index (κ2) is 6.53. The lowest BCUT2D eigenvalue weighted by Gasteiger charge is -2.15. The summed E-state index contributed by atoms with van der Waals surface area (Å²) in [5.41, 5.74) is 1.40. The van der Waals surface area contributed by atoms with Crippen molar-refractivity contribution < 1.29 is 0 Å². The minimum Gasteiger partial charge on any atom is -0.305 e. The van der Waals surface area contributed by atoms with E-state index in [1.807, 2.05) is 22.7 Å². The molecule has 1 atom stereocenters. The third-order valence-electron chi connectivity index (χ3n) is 3.23. The maximum absolute atomic E-state index is 3.68. The highest BCUT2D eigenvalue weighted by atomic mass is 79.9. The molecular formula is C15H20BrNS2. The van der Waals surface area contributed by atoms with Crippen LogP contribution in [0.3, 0.4) is 0 Å². The number of hydrogen-bond donors (Lipinski definition) is 1. The third kappa shape index (κ3) is 3.48. The van der Waals surface area contributed by atoms with Gasteiger partial charge in [0, 0.05) is 24.0 Å². The van der Waals surface area contributed by atoms with Crippen molar-refractivity contribution in [2.45, 2.75) is 40.2 Å². The molecule has 0 bridgehead atoms. The minimum atomic E-state index is 0.340. The number of halogens is 1. The first-order chi connectivity index (χ1) is 9.02. The average molecular weight is 358 g/mol. The summed E-state index contributed by atoms with van der Waals surface area (Å²) in [6, 6.07) is 4.93. The standard InChI is InChI=1S/C15H20BrNS2/c1-5-6-17-15(13-7-9(2)10(3)18-13)14-8-12(16)11(4)19-14/h7-8,15,17H,5-6H2,1-4H3. The first-order valence-corrected chi connectivity index (χ1v) is 9.01. The molecule has 0 aliphatic carbocycles. The molecule has 0 radical (unpaired) electrons. The minimum absolute atomic E-state index is 0.340. The largest absolute Gasteiger partial charge is 0.305 e. The Bertz CT molecular complexity index is 471. The second-order valence-corrected chi connectivity index (χ2v) is 8.26. The van der Waals surface area contributed by atoms with Crippen molar-refractivity contribution in [3.05, 3.63) is 41.7 Å². The van der Waals surface area contributed by atoms with Gasteiger partial charge in [0.15, 0.2) is 0 Å². The van der Waals surface area contributed by atoms with Gasteiger partial charge in [-0.2, -0.15) is 0 Å². The van der Waals surface area contributed by atoms with Crippen molar-refractivity contribution in [3.63, 3.8) is 0 Å². The maximum Gasteiger partial charge on any atom is 0.0765 e. The predicted molar refractivity (Wildman–Crippen MR) is 90.7 cm³/mol. The van der Waals surface area contributed by atoms with Crippen LogP contribution < -0.4 is 5.32 Å². The monoisotopic (exact) mass is 357 g/mol. The SMILES string of the molecule is CCCNC(c1cc(C)c(C)s1)c1cc(Br)c(C)s1. The van der Waals surface area contributed by atoms with E-state index < -0.39 is 0 Å². The number of aryl methyl sites for hydroxylation is 3. The van der Waals surface area contributed by atoms with Gasteiger partial charge in [0.05, 0.1) is 6.04 Å². The molecule has 0 aliphatic rings. The van der Waals surface area contributed by atoms with Gasteiger partial charge in [-0.25, -0.2) is 0 Å². The van der Waals surface area contributed by atoms with Gasteiger partial charge < -0.3 is 5.32 Å². The van der Waals surface area contributed by atoms with Gasteiger partial charge in [-0.15, -0.1) is 22.7 Å². The summed E-state index contributed by atoms with van der Waals surface area (Å²) in [6.45, 7) is 9.83. The van der Waals surface area contributed by atoms with Crippen LogP contribution in [0.2, 0.25) is 0 Å². The molecule has 1 N–H and O–H groups in total. The Morgan fingerprint density at radius 2 is 1.74 bits per heavy atom. The molecule has 2 rings (SSSR count). The van der Waals surface area contributed by atoms with Gasteiger partial charge in [0.1, 0.15) is 0 Å². The summed E-state index contributed by atoms with van der Waals surface area (Å²) >= 11 is 7.42. The van der Waals surface area contributed by atoms with E-state index in [2.05, 4.69) is 61.1 Å². The van der Waals surface area contributed by atoms with Crippen molar-refractivity contribution in [2.24, 2.45) is 0 Å². The normalized spacial score (nSPS) is 12.9. The highest BCUT2D eigenvalue weighted by Crippen LogP contribution is 2.37. The summed E-state index contributed by atoms with van der Waals surface area (Å²) in [7, 11) is 0. The topological polar surface area (TPSA) is 12.0 Å². The molecule has 1 unspecified atom stereocenters. The van der Waals surface area contributed by atoms with Crippen molar-refractivity contribution in [2.75, 3.05) is 6.54 Å². The smallest absolute Gasteiger partial charge is 0.0765 e. The lowest BCUT2D eigenvalue weighted by molar-refractivity contribution is 0.613. The van der Waals surface area contributed by atoms with E-state index in [1.54, 1.807) is 0 Å². The molecule has 0 aromatic carbocycles. The molecular weight excluding hydrogens is 338 g/mol. The lowest BCUT2D eigenvalue weighted by Crippen LogP contribution is -2.21. The van der Waals surface area contributed by atoms with E-state index in [9.17, 15) is 0 Å². The Balaban J connectivity index is 2.34. The summed E-state index contributed by atoms with van der Waals surface area (Å²) < 4.78 is 1.22. The first-order valence-electron chi connectivity index (χ1n) is 6.59. The van der Waals surface area contributed by atoms with Gasteiger partial charge in [0.2, 0.25) is 0 Å². The Kier molecular flexibility index (Phi) is 5.23. The van der Waals surface area contributed by atoms with Gasteiger partial charge in [-0.3, -0.25) is 0 Å².